The normalized spacial score (nSPS) is 12.0. The van der Waals surface area contributed by atoms with Gasteiger partial charge in [0.15, 0.2) is 0 Å². The molecule has 2 amide bonds. The van der Waals surface area contributed by atoms with Gasteiger partial charge in [-0.05, 0) is 41.1 Å². The van der Waals surface area contributed by atoms with Crippen molar-refractivity contribution in [3.8, 4) is 5.69 Å². The zero-order valence-corrected chi connectivity index (χ0v) is 14.7. The molecule has 3 aromatic rings. The third-order valence-corrected chi connectivity index (χ3v) is 3.94. The Morgan fingerprint density at radius 1 is 1.35 bits per heavy atom. The van der Waals surface area contributed by atoms with E-state index >= 15 is 0 Å². The number of urea groups is 1. The van der Waals surface area contributed by atoms with E-state index in [0.717, 1.165) is 16.9 Å². The molecule has 1 aromatic carbocycles. The Labute approximate surface area is 150 Å². The maximum atomic E-state index is 12.5. The Morgan fingerprint density at radius 3 is 2.85 bits per heavy atom. The van der Waals surface area contributed by atoms with Crippen LogP contribution in [0.4, 0.5) is 10.5 Å². The van der Waals surface area contributed by atoms with E-state index in [2.05, 4.69) is 31.3 Å². The van der Waals surface area contributed by atoms with Gasteiger partial charge in [0, 0.05) is 26.0 Å². The highest BCUT2D eigenvalue weighted by molar-refractivity contribution is 5.90. The van der Waals surface area contributed by atoms with E-state index in [-0.39, 0.29) is 12.1 Å². The van der Waals surface area contributed by atoms with Gasteiger partial charge in [-0.3, -0.25) is 4.68 Å². The van der Waals surface area contributed by atoms with Crippen LogP contribution in [0.15, 0.2) is 36.8 Å². The number of carbonyl (C=O) groups is 1. The number of hydrogen-bond donors (Lipinski definition) is 2. The van der Waals surface area contributed by atoms with Gasteiger partial charge >= 0.3 is 6.03 Å². The molecule has 0 aliphatic rings. The number of nitrogens with zero attached hydrogens (tertiary/aromatic N) is 6. The van der Waals surface area contributed by atoms with Gasteiger partial charge < -0.3 is 15.4 Å². The Morgan fingerprint density at radius 2 is 2.19 bits per heavy atom. The average Bonchev–Trinajstić information content (AvgIpc) is 3.28. The molecule has 0 aliphatic carbocycles. The molecule has 0 spiro atoms. The summed E-state index contributed by atoms with van der Waals surface area (Å²) >= 11 is 0. The van der Waals surface area contributed by atoms with Gasteiger partial charge in [0.2, 0.25) is 0 Å². The minimum Gasteiger partial charge on any atom is -0.382 e. The van der Waals surface area contributed by atoms with E-state index in [1.165, 1.54) is 11.0 Å². The number of tetrazole rings is 1. The predicted octanol–water partition coefficient (Wildman–Crippen LogP) is 1.21. The molecule has 136 valence electrons. The predicted molar refractivity (Wildman–Crippen MR) is 93.9 cm³/mol. The lowest BCUT2D eigenvalue weighted by atomic mass is 10.2. The van der Waals surface area contributed by atoms with E-state index in [1.807, 2.05) is 32.2 Å². The van der Waals surface area contributed by atoms with Crippen LogP contribution in [0.25, 0.3) is 5.69 Å². The number of carbonyl (C=O) groups excluding carboxylic acids is 1. The quantitative estimate of drug-likeness (QED) is 0.687. The minimum absolute atomic E-state index is 0.324. The highest BCUT2D eigenvalue weighted by atomic mass is 16.5. The van der Waals surface area contributed by atoms with Crippen molar-refractivity contribution in [2.75, 3.05) is 19.0 Å². The van der Waals surface area contributed by atoms with E-state index < -0.39 is 0 Å². The highest BCUT2D eigenvalue weighted by Gasteiger charge is 2.18. The van der Waals surface area contributed by atoms with E-state index in [1.54, 1.807) is 24.1 Å². The maximum Gasteiger partial charge on any atom is 0.319 e. The number of nitrogens with one attached hydrogen (secondary N) is 2. The van der Waals surface area contributed by atoms with Crippen molar-refractivity contribution in [3.05, 3.63) is 48.0 Å². The summed E-state index contributed by atoms with van der Waals surface area (Å²) in [6.07, 6.45) is 3.17. The monoisotopic (exact) mass is 356 g/mol. The molecule has 10 nitrogen and oxygen atoms in total. The van der Waals surface area contributed by atoms with Gasteiger partial charge in [-0.15, -0.1) is 5.10 Å². The summed E-state index contributed by atoms with van der Waals surface area (Å²) in [7, 11) is 3.40. The fourth-order valence-electron chi connectivity index (χ4n) is 2.58. The summed E-state index contributed by atoms with van der Waals surface area (Å²) in [5, 5.41) is 21.0. The van der Waals surface area contributed by atoms with Crippen molar-refractivity contribution in [2.45, 2.75) is 13.0 Å². The molecule has 0 saturated carbocycles. The molecular weight excluding hydrogens is 336 g/mol. The molecule has 0 unspecified atom stereocenters. The van der Waals surface area contributed by atoms with Crippen molar-refractivity contribution in [3.63, 3.8) is 0 Å². The van der Waals surface area contributed by atoms with Crippen LogP contribution in [0.5, 0.6) is 0 Å². The second-order valence-electron chi connectivity index (χ2n) is 5.74. The molecule has 3 rings (SSSR count). The Balaban J connectivity index is 1.75. The molecule has 2 aromatic heterocycles. The molecule has 0 saturated heterocycles. The van der Waals surface area contributed by atoms with Gasteiger partial charge in [-0.2, -0.15) is 5.10 Å². The number of methoxy groups -OCH3 is 1. The molecule has 1 atom stereocenters. The number of amides is 2. The Kier molecular flexibility index (Phi) is 5.23. The number of ether oxygens (including phenoxy) is 1. The number of benzene rings is 1. The number of aromatic nitrogens is 6. The molecule has 0 aliphatic heterocycles. The van der Waals surface area contributed by atoms with Gasteiger partial charge in [0.1, 0.15) is 6.33 Å². The summed E-state index contributed by atoms with van der Waals surface area (Å²) in [4.78, 5) is 12.5. The number of aryl methyl sites for hydroxylation is 2. The minimum atomic E-state index is -0.342. The summed E-state index contributed by atoms with van der Waals surface area (Å²) in [6.45, 7) is 2.24. The van der Waals surface area contributed by atoms with Crippen LogP contribution in [0.3, 0.4) is 0 Å². The SMILES string of the molecule is COC[C@@H](NC(=O)Nc1cc(-n2cnnn2)ccc1C)c1ccnn1C. The van der Waals surface area contributed by atoms with E-state index in [4.69, 9.17) is 4.74 Å². The smallest absolute Gasteiger partial charge is 0.319 e. The van der Waals surface area contributed by atoms with Crippen LogP contribution in [0, 0.1) is 6.92 Å². The largest absolute Gasteiger partial charge is 0.382 e. The first-order valence-corrected chi connectivity index (χ1v) is 7.97. The molecular formula is C16H20N8O2. The van der Waals surface area contributed by atoms with Gasteiger partial charge in [-0.25, -0.2) is 9.48 Å². The first-order chi connectivity index (χ1) is 12.6. The lowest BCUT2D eigenvalue weighted by molar-refractivity contribution is 0.165. The second kappa shape index (κ2) is 7.74. The molecule has 2 heterocycles. The topological polar surface area (TPSA) is 112 Å². The molecule has 0 radical (unpaired) electrons. The van der Waals surface area contributed by atoms with Crippen LogP contribution in [0.1, 0.15) is 17.3 Å². The summed E-state index contributed by atoms with van der Waals surface area (Å²) in [6, 6.07) is 6.74. The summed E-state index contributed by atoms with van der Waals surface area (Å²) < 4.78 is 8.44. The van der Waals surface area contributed by atoms with Crippen LogP contribution in [-0.2, 0) is 11.8 Å². The van der Waals surface area contributed by atoms with Crippen LogP contribution in [-0.4, -0.2) is 49.7 Å². The number of anilines is 1. The van der Waals surface area contributed by atoms with Crippen molar-refractivity contribution < 1.29 is 9.53 Å². The Bertz CT molecular complexity index is 874. The van der Waals surface area contributed by atoms with Gasteiger partial charge in [-0.1, -0.05) is 6.07 Å². The Hall–Kier alpha value is -3.27. The third-order valence-electron chi connectivity index (χ3n) is 3.94. The summed E-state index contributed by atoms with van der Waals surface area (Å²) in [5.74, 6) is 0. The zero-order valence-electron chi connectivity index (χ0n) is 14.7. The fourth-order valence-corrected chi connectivity index (χ4v) is 2.58. The lowest BCUT2D eigenvalue weighted by Crippen LogP contribution is -2.36. The molecule has 0 fully saturated rings. The average molecular weight is 356 g/mol. The van der Waals surface area contributed by atoms with Crippen LogP contribution < -0.4 is 10.6 Å². The zero-order chi connectivity index (χ0) is 18.5. The maximum absolute atomic E-state index is 12.5. The van der Waals surface area contributed by atoms with Gasteiger partial charge in [0.25, 0.3) is 0 Å². The standard InChI is InChI=1S/C16H20N8O2/c1-11-4-5-12(24-10-17-21-22-24)8-13(11)19-16(25)20-14(9-26-3)15-6-7-18-23(15)2/h4-8,10,14H,9H2,1-3H3,(H2,19,20,25)/t14-/m1/s1. The molecule has 10 heteroatoms. The number of rotatable bonds is 6. The van der Waals surface area contributed by atoms with Crippen molar-refractivity contribution >= 4 is 11.7 Å². The van der Waals surface area contributed by atoms with Crippen molar-refractivity contribution in [1.82, 2.24) is 35.3 Å². The first-order valence-electron chi connectivity index (χ1n) is 7.97. The van der Waals surface area contributed by atoms with E-state index in [9.17, 15) is 4.79 Å². The molecule has 0 bridgehead atoms. The highest BCUT2D eigenvalue weighted by Crippen LogP contribution is 2.19. The molecule has 26 heavy (non-hydrogen) atoms. The van der Waals surface area contributed by atoms with E-state index in [0.29, 0.717) is 12.3 Å². The van der Waals surface area contributed by atoms with Crippen molar-refractivity contribution in [1.29, 1.82) is 0 Å². The van der Waals surface area contributed by atoms with Gasteiger partial charge in [0.05, 0.1) is 24.0 Å². The number of hydrogen-bond acceptors (Lipinski definition) is 6. The van der Waals surface area contributed by atoms with Crippen molar-refractivity contribution in [2.24, 2.45) is 7.05 Å². The lowest BCUT2D eigenvalue weighted by Gasteiger charge is -2.19. The van der Waals surface area contributed by atoms with Crippen LogP contribution in [0.2, 0.25) is 0 Å². The fraction of sp³-hybridized carbons (Fsp3) is 0.312. The third kappa shape index (κ3) is 3.86. The van der Waals surface area contributed by atoms with Crippen LogP contribution >= 0.6 is 0 Å². The second-order valence-corrected chi connectivity index (χ2v) is 5.74. The first kappa shape index (κ1) is 17.5. The summed E-state index contributed by atoms with van der Waals surface area (Å²) in [5.41, 5.74) is 3.18. The molecule has 2 N–H and O–H groups in total.